The maximum absolute atomic E-state index is 12.6. The number of nitrogens with zero attached hydrogens (tertiary/aromatic N) is 2. The van der Waals surface area contributed by atoms with Gasteiger partial charge in [0.05, 0.1) is 18.4 Å². The summed E-state index contributed by atoms with van der Waals surface area (Å²) in [5.41, 5.74) is 4.66. The van der Waals surface area contributed by atoms with Crippen molar-refractivity contribution < 1.29 is 14.6 Å². The first-order valence-electron chi connectivity index (χ1n) is 8.20. The number of nitrogens with two attached hydrogens (primary N) is 1. The third-order valence-corrected chi connectivity index (χ3v) is 4.20. The number of amides is 1. The van der Waals surface area contributed by atoms with E-state index in [9.17, 15) is 19.5 Å². The largest absolute Gasteiger partial charge is 0.507 e. The van der Waals surface area contributed by atoms with Gasteiger partial charge in [0, 0.05) is 7.05 Å². The molecule has 0 spiro atoms. The van der Waals surface area contributed by atoms with Crippen molar-refractivity contribution in [3.63, 3.8) is 0 Å². The predicted molar refractivity (Wildman–Crippen MR) is 104 cm³/mol. The summed E-state index contributed by atoms with van der Waals surface area (Å²) in [6, 6.07) is 12.6. The van der Waals surface area contributed by atoms with Crippen molar-refractivity contribution in [3.8, 4) is 17.2 Å². The zero-order valence-corrected chi connectivity index (χ0v) is 15.2. The molecule has 0 unspecified atom stereocenters. The van der Waals surface area contributed by atoms with Crippen LogP contribution in [0.1, 0.15) is 10.4 Å². The Balaban J connectivity index is 2.13. The average molecular weight is 382 g/mol. The van der Waals surface area contributed by atoms with Crippen molar-refractivity contribution in [2.45, 2.75) is 0 Å². The van der Waals surface area contributed by atoms with Crippen LogP contribution in [0.5, 0.6) is 11.5 Å². The molecule has 0 atom stereocenters. The Bertz CT molecular complexity index is 1170. The quantitative estimate of drug-likeness (QED) is 0.619. The number of benzene rings is 2. The van der Waals surface area contributed by atoms with Gasteiger partial charge in [-0.25, -0.2) is 9.36 Å². The molecular formula is C19H18N4O5. The molecule has 0 fully saturated rings. The van der Waals surface area contributed by atoms with Gasteiger partial charge in [0.15, 0.2) is 0 Å². The maximum Gasteiger partial charge on any atom is 0.337 e. The van der Waals surface area contributed by atoms with Crippen molar-refractivity contribution >= 4 is 17.4 Å². The van der Waals surface area contributed by atoms with Crippen molar-refractivity contribution in [2.24, 2.45) is 7.05 Å². The number of aromatic nitrogens is 2. The molecule has 0 bridgehead atoms. The van der Waals surface area contributed by atoms with E-state index in [1.807, 2.05) is 0 Å². The van der Waals surface area contributed by atoms with Crippen LogP contribution in [0.2, 0.25) is 0 Å². The van der Waals surface area contributed by atoms with Crippen LogP contribution in [0, 0.1) is 0 Å². The van der Waals surface area contributed by atoms with Gasteiger partial charge in [-0.2, -0.15) is 0 Å². The Hall–Kier alpha value is -4.01. The zero-order chi connectivity index (χ0) is 20.4. The van der Waals surface area contributed by atoms with E-state index in [4.69, 9.17) is 10.5 Å². The third-order valence-electron chi connectivity index (χ3n) is 4.20. The zero-order valence-electron chi connectivity index (χ0n) is 15.2. The number of phenolic OH excluding ortho intramolecular Hbond substituents is 1. The topological polar surface area (TPSA) is 129 Å². The van der Waals surface area contributed by atoms with Gasteiger partial charge in [0.1, 0.15) is 23.0 Å². The summed E-state index contributed by atoms with van der Waals surface area (Å²) in [6.07, 6.45) is 0. The smallest absolute Gasteiger partial charge is 0.337 e. The lowest BCUT2D eigenvalue weighted by atomic mass is 10.1. The SMILES string of the molecule is COc1ccc(O)c(C(=O)Nc2c(N)n(-c3ccccc3)c(=O)n(C)c2=O)c1. The molecule has 4 N–H and O–H groups in total. The summed E-state index contributed by atoms with van der Waals surface area (Å²) in [7, 11) is 2.69. The van der Waals surface area contributed by atoms with E-state index < -0.39 is 17.2 Å². The number of hydrogen-bond donors (Lipinski definition) is 3. The normalized spacial score (nSPS) is 10.5. The molecule has 0 saturated carbocycles. The summed E-state index contributed by atoms with van der Waals surface area (Å²) in [6.45, 7) is 0. The molecule has 0 saturated heterocycles. The summed E-state index contributed by atoms with van der Waals surface area (Å²) in [5.74, 6) is -0.961. The van der Waals surface area contributed by atoms with Crippen LogP contribution in [-0.2, 0) is 7.05 Å². The minimum absolute atomic E-state index is 0.113. The molecule has 2 aromatic carbocycles. The fourth-order valence-electron chi connectivity index (χ4n) is 2.68. The van der Waals surface area contributed by atoms with Gasteiger partial charge in [0.2, 0.25) is 0 Å². The molecule has 1 amide bonds. The monoisotopic (exact) mass is 382 g/mol. The number of nitrogen functional groups attached to an aromatic ring is 1. The lowest BCUT2D eigenvalue weighted by Crippen LogP contribution is -2.40. The van der Waals surface area contributed by atoms with E-state index in [1.54, 1.807) is 30.3 Å². The average Bonchev–Trinajstić information content (AvgIpc) is 2.71. The van der Waals surface area contributed by atoms with Gasteiger partial charge in [-0.05, 0) is 30.3 Å². The first-order valence-corrected chi connectivity index (χ1v) is 8.20. The van der Waals surface area contributed by atoms with E-state index in [-0.39, 0.29) is 22.8 Å². The number of anilines is 2. The second kappa shape index (κ2) is 7.31. The lowest BCUT2D eigenvalue weighted by molar-refractivity contribution is 0.102. The van der Waals surface area contributed by atoms with Crippen molar-refractivity contribution in [3.05, 3.63) is 74.9 Å². The maximum atomic E-state index is 12.6. The van der Waals surface area contributed by atoms with Crippen LogP contribution in [0.25, 0.3) is 5.69 Å². The number of para-hydroxylation sites is 1. The Morgan fingerprint density at radius 1 is 1.14 bits per heavy atom. The first kappa shape index (κ1) is 18.8. The highest BCUT2D eigenvalue weighted by Gasteiger charge is 2.20. The Kier molecular flexibility index (Phi) is 4.90. The number of carbonyl (C=O) groups is 1. The number of ether oxygens (including phenoxy) is 1. The van der Waals surface area contributed by atoms with E-state index >= 15 is 0 Å². The summed E-state index contributed by atoms with van der Waals surface area (Å²) in [4.78, 5) is 37.7. The van der Waals surface area contributed by atoms with Gasteiger partial charge in [-0.3, -0.25) is 14.2 Å². The molecule has 0 aliphatic carbocycles. The number of aromatic hydroxyl groups is 1. The van der Waals surface area contributed by atoms with E-state index in [0.717, 1.165) is 9.13 Å². The van der Waals surface area contributed by atoms with Crippen molar-refractivity contribution in [2.75, 3.05) is 18.2 Å². The number of phenols is 1. The molecule has 3 aromatic rings. The molecule has 0 aliphatic rings. The fraction of sp³-hybridized carbons (Fsp3) is 0.105. The number of rotatable bonds is 4. The fourth-order valence-corrected chi connectivity index (χ4v) is 2.68. The van der Waals surface area contributed by atoms with Crippen LogP contribution in [0.3, 0.4) is 0 Å². The lowest BCUT2D eigenvalue weighted by Gasteiger charge is -2.16. The highest BCUT2D eigenvalue weighted by Crippen LogP contribution is 2.24. The highest BCUT2D eigenvalue weighted by atomic mass is 16.5. The summed E-state index contributed by atoms with van der Waals surface area (Å²) < 4.78 is 6.99. The van der Waals surface area contributed by atoms with Crippen LogP contribution >= 0.6 is 0 Å². The molecule has 1 aromatic heterocycles. The van der Waals surface area contributed by atoms with Gasteiger partial charge in [0.25, 0.3) is 11.5 Å². The van der Waals surface area contributed by atoms with Gasteiger partial charge in [-0.1, -0.05) is 18.2 Å². The molecule has 28 heavy (non-hydrogen) atoms. The summed E-state index contributed by atoms with van der Waals surface area (Å²) >= 11 is 0. The van der Waals surface area contributed by atoms with Crippen LogP contribution < -0.4 is 27.0 Å². The van der Waals surface area contributed by atoms with E-state index in [0.29, 0.717) is 11.4 Å². The molecular weight excluding hydrogens is 364 g/mol. The van der Waals surface area contributed by atoms with Crippen molar-refractivity contribution in [1.29, 1.82) is 0 Å². The number of carbonyl (C=O) groups excluding carboxylic acids is 1. The van der Waals surface area contributed by atoms with Gasteiger partial charge < -0.3 is 20.9 Å². The molecule has 3 rings (SSSR count). The molecule has 1 heterocycles. The molecule has 144 valence electrons. The standard InChI is InChI=1S/C19H18N4O5/c1-22-18(26)15(16(20)23(19(22)27)11-6-4-3-5-7-11)21-17(25)13-10-12(28-2)8-9-14(13)24/h3-10,24H,20H2,1-2H3,(H,21,25). The van der Waals surface area contributed by atoms with Crippen LogP contribution in [0.15, 0.2) is 58.1 Å². The van der Waals surface area contributed by atoms with Crippen molar-refractivity contribution in [1.82, 2.24) is 9.13 Å². The Labute approximate surface area is 159 Å². The molecule has 0 aliphatic heterocycles. The van der Waals surface area contributed by atoms with E-state index in [1.165, 1.54) is 32.4 Å². The second-order valence-corrected chi connectivity index (χ2v) is 5.92. The number of hydrogen-bond acceptors (Lipinski definition) is 6. The minimum Gasteiger partial charge on any atom is -0.507 e. The van der Waals surface area contributed by atoms with Gasteiger partial charge in [-0.15, -0.1) is 0 Å². The van der Waals surface area contributed by atoms with Crippen LogP contribution in [-0.4, -0.2) is 27.3 Å². The molecule has 9 nitrogen and oxygen atoms in total. The van der Waals surface area contributed by atoms with Gasteiger partial charge >= 0.3 is 5.69 Å². The highest BCUT2D eigenvalue weighted by molar-refractivity contribution is 6.07. The molecule has 9 heteroatoms. The number of methoxy groups -OCH3 is 1. The Morgan fingerprint density at radius 2 is 1.82 bits per heavy atom. The van der Waals surface area contributed by atoms with E-state index in [2.05, 4.69) is 5.32 Å². The van der Waals surface area contributed by atoms with Crippen LogP contribution in [0.4, 0.5) is 11.5 Å². The predicted octanol–water partition coefficient (Wildman–Crippen LogP) is 1.08. The molecule has 0 radical (unpaired) electrons. The number of nitrogens with one attached hydrogen (secondary N) is 1. The first-order chi connectivity index (χ1) is 13.3. The minimum atomic E-state index is -0.779. The summed E-state index contributed by atoms with van der Waals surface area (Å²) in [5, 5.41) is 12.4. The third kappa shape index (κ3) is 3.20. The Morgan fingerprint density at radius 3 is 2.46 bits per heavy atom. The second-order valence-electron chi connectivity index (χ2n) is 5.92.